The molecule has 6 heteroatoms. The van der Waals surface area contributed by atoms with E-state index < -0.39 is 0 Å². The van der Waals surface area contributed by atoms with Crippen molar-refractivity contribution < 1.29 is 13.6 Å². The lowest BCUT2D eigenvalue weighted by Crippen LogP contribution is -2.28. The second-order valence-electron chi connectivity index (χ2n) is 5.74. The van der Waals surface area contributed by atoms with Crippen LogP contribution in [0, 0.1) is 11.7 Å². The molecule has 124 valence electrons. The fraction of sp³-hybridized carbons (Fsp3) is 0.353. The number of carbonyl (C=O) groups is 1. The van der Waals surface area contributed by atoms with Crippen molar-refractivity contribution in [3.05, 3.63) is 59.3 Å². The molecular weight excluding hydrogens is 319 g/mol. The number of carbonyl (C=O) groups excluding carboxylic acids is 1. The van der Waals surface area contributed by atoms with E-state index >= 15 is 0 Å². The van der Waals surface area contributed by atoms with E-state index in [-0.39, 0.29) is 24.1 Å². The summed E-state index contributed by atoms with van der Waals surface area (Å²) in [5.41, 5.74) is 7.15. The number of amides is 1. The third kappa shape index (κ3) is 4.12. The number of rotatable bonds is 4. The van der Waals surface area contributed by atoms with Gasteiger partial charge in [0.1, 0.15) is 17.8 Å². The average molecular weight is 339 g/mol. The predicted molar refractivity (Wildman–Crippen MR) is 88.0 cm³/mol. The summed E-state index contributed by atoms with van der Waals surface area (Å²) in [6.07, 6.45) is 3.30. The van der Waals surface area contributed by atoms with E-state index in [9.17, 15) is 9.18 Å². The van der Waals surface area contributed by atoms with Crippen LogP contribution in [-0.4, -0.2) is 23.9 Å². The molecule has 1 amide bonds. The molecule has 2 N–H and O–H groups in total. The van der Waals surface area contributed by atoms with Crippen LogP contribution in [0.15, 0.2) is 41.0 Å². The van der Waals surface area contributed by atoms with Crippen molar-refractivity contribution in [3.8, 4) is 0 Å². The normalized spacial score (nSPS) is 17.1. The smallest absolute Gasteiger partial charge is 0.257 e. The predicted octanol–water partition coefficient (Wildman–Crippen LogP) is 3.00. The number of likely N-dealkylation sites (tertiary alicyclic amines) is 1. The van der Waals surface area contributed by atoms with E-state index in [4.69, 9.17) is 10.2 Å². The Labute approximate surface area is 140 Å². The zero-order chi connectivity index (χ0) is 15.5. The number of nitrogens with two attached hydrogens (primary N) is 1. The van der Waals surface area contributed by atoms with Crippen LogP contribution < -0.4 is 5.73 Å². The standard InChI is InChI=1S/C17H19FN2O2.ClH/c18-15-3-1-12(2-4-15)7-13-5-6-20(10-13)17(21)14-8-16(9-19)22-11-14;/h1-4,8,11,13H,5-7,9-10,19H2;1H. The molecule has 0 radical (unpaired) electrons. The van der Waals surface area contributed by atoms with Gasteiger partial charge in [0.25, 0.3) is 5.91 Å². The van der Waals surface area contributed by atoms with Crippen molar-refractivity contribution >= 4 is 18.3 Å². The molecule has 1 fully saturated rings. The number of benzene rings is 1. The van der Waals surface area contributed by atoms with E-state index in [1.165, 1.54) is 18.4 Å². The molecule has 1 aromatic heterocycles. The van der Waals surface area contributed by atoms with Crippen LogP contribution in [0.2, 0.25) is 0 Å². The summed E-state index contributed by atoms with van der Waals surface area (Å²) in [6, 6.07) is 8.28. The highest BCUT2D eigenvalue weighted by molar-refractivity contribution is 5.94. The Balaban J connectivity index is 0.00000192. The molecular formula is C17H20ClFN2O2. The van der Waals surface area contributed by atoms with Gasteiger partial charge < -0.3 is 15.1 Å². The maximum atomic E-state index is 12.9. The first-order valence-corrected chi connectivity index (χ1v) is 7.47. The molecule has 3 rings (SSSR count). The van der Waals surface area contributed by atoms with Crippen molar-refractivity contribution in [3.63, 3.8) is 0 Å². The molecule has 0 bridgehead atoms. The van der Waals surface area contributed by atoms with Gasteiger partial charge in [-0.25, -0.2) is 4.39 Å². The maximum absolute atomic E-state index is 12.9. The first-order valence-electron chi connectivity index (χ1n) is 7.47. The molecule has 2 heterocycles. The minimum Gasteiger partial charge on any atom is -0.467 e. The largest absolute Gasteiger partial charge is 0.467 e. The summed E-state index contributed by atoms with van der Waals surface area (Å²) in [6.45, 7) is 1.76. The molecule has 2 aromatic rings. The Morgan fingerprint density at radius 3 is 2.74 bits per heavy atom. The van der Waals surface area contributed by atoms with Crippen LogP contribution in [-0.2, 0) is 13.0 Å². The number of furan rings is 1. The van der Waals surface area contributed by atoms with Crippen molar-refractivity contribution in [2.24, 2.45) is 11.7 Å². The highest BCUT2D eigenvalue weighted by atomic mass is 35.5. The van der Waals surface area contributed by atoms with Gasteiger partial charge in [0.15, 0.2) is 0 Å². The Hall–Kier alpha value is -1.85. The average Bonchev–Trinajstić information content (AvgIpc) is 3.18. The third-order valence-corrected chi connectivity index (χ3v) is 4.11. The number of hydrogen-bond donors (Lipinski definition) is 1. The summed E-state index contributed by atoms with van der Waals surface area (Å²) in [5.74, 6) is 0.799. The highest BCUT2D eigenvalue weighted by Crippen LogP contribution is 2.23. The van der Waals surface area contributed by atoms with Gasteiger partial charge in [-0.05, 0) is 42.5 Å². The SMILES string of the molecule is Cl.NCc1cc(C(=O)N2CCC(Cc3ccc(F)cc3)C2)co1. The molecule has 1 aliphatic heterocycles. The molecule has 1 saturated heterocycles. The first-order chi connectivity index (χ1) is 10.7. The van der Waals surface area contributed by atoms with E-state index in [0.717, 1.165) is 31.5 Å². The van der Waals surface area contributed by atoms with E-state index in [1.807, 2.05) is 17.0 Å². The summed E-state index contributed by atoms with van der Waals surface area (Å²) < 4.78 is 18.1. The fourth-order valence-electron chi connectivity index (χ4n) is 2.92. The zero-order valence-electron chi connectivity index (χ0n) is 12.7. The van der Waals surface area contributed by atoms with Gasteiger partial charge in [0.2, 0.25) is 0 Å². The van der Waals surface area contributed by atoms with Crippen LogP contribution in [0.4, 0.5) is 4.39 Å². The molecule has 4 nitrogen and oxygen atoms in total. The molecule has 1 aromatic carbocycles. The Bertz CT molecular complexity index is 657. The Morgan fingerprint density at radius 1 is 1.35 bits per heavy atom. The summed E-state index contributed by atoms with van der Waals surface area (Å²) in [4.78, 5) is 14.2. The number of hydrogen-bond acceptors (Lipinski definition) is 3. The zero-order valence-corrected chi connectivity index (χ0v) is 13.5. The topological polar surface area (TPSA) is 59.5 Å². The van der Waals surface area contributed by atoms with Crippen LogP contribution in [0.5, 0.6) is 0 Å². The molecule has 1 atom stereocenters. The van der Waals surface area contributed by atoms with Gasteiger partial charge in [0.05, 0.1) is 12.1 Å². The first kappa shape index (κ1) is 17.5. The summed E-state index contributed by atoms with van der Waals surface area (Å²) in [7, 11) is 0. The highest BCUT2D eigenvalue weighted by Gasteiger charge is 2.27. The lowest BCUT2D eigenvalue weighted by Gasteiger charge is -2.15. The van der Waals surface area contributed by atoms with E-state index in [1.54, 1.807) is 6.07 Å². The molecule has 23 heavy (non-hydrogen) atoms. The molecule has 0 spiro atoms. The lowest BCUT2D eigenvalue weighted by atomic mass is 9.99. The third-order valence-electron chi connectivity index (χ3n) is 4.11. The number of halogens is 2. The van der Waals surface area contributed by atoms with E-state index in [2.05, 4.69) is 0 Å². The molecule has 1 unspecified atom stereocenters. The quantitative estimate of drug-likeness (QED) is 0.932. The second-order valence-corrected chi connectivity index (χ2v) is 5.74. The second kappa shape index (κ2) is 7.62. The minimum atomic E-state index is -0.220. The van der Waals surface area contributed by atoms with Crippen molar-refractivity contribution in [1.29, 1.82) is 0 Å². The Morgan fingerprint density at radius 2 is 2.09 bits per heavy atom. The van der Waals surface area contributed by atoms with Crippen molar-refractivity contribution in [1.82, 2.24) is 4.90 Å². The molecule has 0 saturated carbocycles. The van der Waals surface area contributed by atoms with Gasteiger partial charge in [-0.15, -0.1) is 12.4 Å². The van der Waals surface area contributed by atoms with Crippen molar-refractivity contribution in [2.45, 2.75) is 19.4 Å². The lowest BCUT2D eigenvalue weighted by molar-refractivity contribution is 0.0786. The molecule has 1 aliphatic rings. The number of nitrogens with zero attached hydrogens (tertiary/aromatic N) is 1. The van der Waals surface area contributed by atoms with Crippen LogP contribution >= 0.6 is 12.4 Å². The van der Waals surface area contributed by atoms with Gasteiger partial charge in [0, 0.05) is 13.1 Å². The van der Waals surface area contributed by atoms with Gasteiger partial charge in [-0.3, -0.25) is 4.79 Å². The minimum absolute atomic E-state index is 0. The fourth-order valence-corrected chi connectivity index (χ4v) is 2.92. The van der Waals surface area contributed by atoms with Crippen molar-refractivity contribution in [2.75, 3.05) is 13.1 Å². The summed E-state index contributed by atoms with van der Waals surface area (Å²) in [5, 5.41) is 0. The van der Waals surface area contributed by atoms with Gasteiger partial charge in [-0.2, -0.15) is 0 Å². The van der Waals surface area contributed by atoms with Crippen LogP contribution in [0.3, 0.4) is 0 Å². The molecule has 0 aliphatic carbocycles. The van der Waals surface area contributed by atoms with Gasteiger partial charge in [-0.1, -0.05) is 12.1 Å². The van der Waals surface area contributed by atoms with Gasteiger partial charge >= 0.3 is 0 Å². The van der Waals surface area contributed by atoms with Crippen LogP contribution in [0.1, 0.15) is 28.1 Å². The summed E-state index contributed by atoms with van der Waals surface area (Å²) >= 11 is 0. The van der Waals surface area contributed by atoms with E-state index in [0.29, 0.717) is 23.8 Å². The Kier molecular flexibility index (Phi) is 5.80. The van der Waals surface area contributed by atoms with Crippen LogP contribution in [0.25, 0.3) is 0 Å². The monoisotopic (exact) mass is 338 g/mol. The maximum Gasteiger partial charge on any atom is 0.257 e.